The lowest BCUT2D eigenvalue weighted by molar-refractivity contribution is -0.0219. The summed E-state index contributed by atoms with van der Waals surface area (Å²) in [7, 11) is 2.00. The third kappa shape index (κ3) is 2.73. The molecule has 1 N–H and O–H groups in total. The minimum Gasteiger partial charge on any atom is -0.477 e. The molecule has 8 nitrogen and oxygen atoms in total. The average molecular weight is 362 g/mol. The van der Waals surface area contributed by atoms with E-state index >= 15 is 0 Å². The summed E-state index contributed by atoms with van der Waals surface area (Å²) >= 11 is 0. The standard InChI is InChI=1S/C17H19FN4O4/c1-20-2-4-21(5-3-20)16-13(18)6-11-14(23)12(17(24)25)7-22(15(11)19-16)10-8-26-9-10/h6-7,10H,2-5,8-9H2,1H3,(H,24,25). The zero-order chi connectivity index (χ0) is 18.4. The van der Waals surface area contributed by atoms with Crippen LogP contribution in [0.3, 0.4) is 0 Å². The second kappa shape index (κ2) is 6.33. The summed E-state index contributed by atoms with van der Waals surface area (Å²) in [5, 5.41) is 9.28. The van der Waals surface area contributed by atoms with Crippen molar-refractivity contribution in [1.82, 2.24) is 14.5 Å². The molecule has 0 aliphatic carbocycles. The van der Waals surface area contributed by atoms with Gasteiger partial charge in [-0.05, 0) is 13.1 Å². The Bertz CT molecular complexity index is 932. The van der Waals surface area contributed by atoms with E-state index in [1.165, 1.54) is 6.20 Å². The van der Waals surface area contributed by atoms with E-state index in [1.54, 1.807) is 4.57 Å². The number of piperazine rings is 1. The van der Waals surface area contributed by atoms with Crippen LogP contribution in [0.1, 0.15) is 16.4 Å². The van der Waals surface area contributed by atoms with Crippen molar-refractivity contribution in [3.63, 3.8) is 0 Å². The zero-order valence-electron chi connectivity index (χ0n) is 14.3. The van der Waals surface area contributed by atoms with Crippen LogP contribution in [0.15, 0.2) is 17.1 Å². The van der Waals surface area contributed by atoms with Gasteiger partial charge in [0.15, 0.2) is 11.6 Å². The Labute approximate surface area is 148 Å². The first-order chi connectivity index (χ1) is 12.5. The number of carboxylic acid groups (broad SMARTS) is 1. The number of likely N-dealkylation sites (N-methyl/N-ethyl adjacent to an activating group) is 1. The predicted molar refractivity (Wildman–Crippen MR) is 92.5 cm³/mol. The van der Waals surface area contributed by atoms with E-state index in [9.17, 15) is 19.1 Å². The molecule has 2 aromatic heterocycles. The third-order valence-corrected chi connectivity index (χ3v) is 4.99. The molecule has 0 bridgehead atoms. The molecule has 4 rings (SSSR count). The summed E-state index contributed by atoms with van der Waals surface area (Å²) in [4.78, 5) is 32.3. The number of ether oxygens (including phenoxy) is 1. The number of aromatic nitrogens is 2. The first-order valence-corrected chi connectivity index (χ1v) is 8.45. The van der Waals surface area contributed by atoms with E-state index in [4.69, 9.17) is 4.74 Å². The van der Waals surface area contributed by atoms with E-state index < -0.39 is 22.8 Å². The maximum atomic E-state index is 14.7. The Balaban J connectivity index is 1.89. The second-order valence-corrected chi connectivity index (χ2v) is 6.73. The van der Waals surface area contributed by atoms with E-state index in [0.717, 1.165) is 19.2 Å². The lowest BCUT2D eigenvalue weighted by Crippen LogP contribution is -2.45. The van der Waals surface area contributed by atoms with Crippen molar-refractivity contribution in [3.8, 4) is 0 Å². The molecule has 0 saturated carbocycles. The zero-order valence-corrected chi connectivity index (χ0v) is 14.3. The van der Waals surface area contributed by atoms with Crippen LogP contribution in [-0.4, -0.2) is 72.0 Å². The Morgan fingerprint density at radius 1 is 1.31 bits per heavy atom. The first-order valence-electron chi connectivity index (χ1n) is 8.45. The molecule has 2 aliphatic rings. The number of hydrogen-bond acceptors (Lipinski definition) is 6. The van der Waals surface area contributed by atoms with Gasteiger partial charge in [0, 0.05) is 32.4 Å². The van der Waals surface area contributed by atoms with Crippen LogP contribution < -0.4 is 10.3 Å². The Morgan fingerprint density at radius 2 is 2.00 bits per heavy atom. The van der Waals surface area contributed by atoms with Gasteiger partial charge in [-0.15, -0.1) is 0 Å². The van der Waals surface area contributed by atoms with Gasteiger partial charge >= 0.3 is 5.97 Å². The van der Waals surface area contributed by atoms with Crippen molar-refractivity contribution in [2.75, 3.05) is 51.3 Å². The molecule has 0 atom stereocenters. The number of carboxylic acids is 1. The fourth-order valence-corrected chi connectivity index (χ4v) is 3.29. The topological polar surface area (TPSA) is 87.9 Å². The number of carbonyl (C=O) groups is 1. The number of fused-ring (bicyclic) bond motifs is 1. The van der Waals surface area contributed by atoms with Gasteiger partial charge in [-0.3, -0.25) is 4.79 Å². The molecule has 0 spiro atoms. The molecule has 0 amide bonds. The Kier molecular flexibility index (Phi) is 4.12. The minimum atomic E-state index is -1.34. The lowest BCUT2D eigenvalue weighted by Gasteiger charge is -2.34. The highest BCUT2D eigenvalue weighted by Crippen LogP contribution is 2.26. The molecular weight excluding hydrogens is 343 g/mol. The fourth-order valence-electron chi connectivity index (χ4n) is 3.29. The summed E-state index contributed by atoms with van der Waals surface area (Å²) in [5.74, 6) is -1.75. The van der Waals surface area contributed by atoms with Gasteiger partial charge in [0.25, 0.3) is 0 Å². The van der Waals surface area contributed by atoms with E-state index in [-0.39, 0.29) is 17.2 Å². The summed E-state index contributed by atoms with van der Waals surface area (Å²) < 4.78 is 21.5. The molecule has 0 aromatic carbocycles. The van der Waals surface area contributed by atoms with Gasteiger partial charge in [-0.1, -0.05) is 0 Å². The van der Waals surface area contributed by atoms with Gasteiger partial charge in [0.1, 0.15) is 11.2 Å². The quantitative estimate of drug-likeness (QED) is 0.853. The number of anilines is 1. The molecule has 138 valence electrons. The van der Waals surface area contributed by atoms with Gasteiger partial charge in [0.05, 0.1) is 24.6 Å². The summed E-state index contributed by atoms with van der Waals surface area (Å²) in [6.07, 6.45) is 1.29. The van der Waals surface area contributed by atoms with E-state index in [0.29, 0.717) is 32.0 Å². The van der Waals surface area contributed by atoms with Crippen LogP contribution in [0, 0.1) is 5.82 Å². The molecule has 2 fully saturated rings. The van der Waals surface area contributed by atoms with Gasteiger partial charge in [0.2, 0.25) is 5.43 Å². The maximum Gasteiger partial charge on any atom is 0.341 e. The van der Waals surface area contributed by atoms with Crippen LogP contribution in [0.2, 0.25) is 0 Å². The predicted octanol–water partition coefficient (Wildman–Crippen LogP) is 0.557. The summed E-state index contributed by atoms with van der Waals surface area (Å²) in [6, 6.07) is 0.996. The summed E-state index contributed by atoms with van der Waals surface area (Å²) in [5.41, 5.74) is -0.818. The third-order valence-electron chi connectivity index (χ3n) is 4.99. The maximum absolute atomic E-state index is 14.7. The number of nitrogens with zero attached hydrogens (tertiary/aromatic N) is 4. The molecule has 0 radical (unpaired) electrons. The second-order valence-electron chi connectivity index (χ2n) is 6.73. The first kappa shape index (κ1) is 16.9. The van der Waals surface area contributed by atoms with Crippen LogP contribution >= 0.6 is 0 Å². The van der Waals surface area contributed by atoms with Crippen molar-refractivity contribution in [3.05, 3.63) is 33.9 Å². The summed E-state index contributed by atoms with van der Waals surface area (Å²) in [6.45, 7) is 3.66. The molecule has 0 unspecified atom stereocenters. The number of hydrogen-bond donors (Lipinski definition) is 1. The molecule has 2 aromatic rings. The van der Waals surface area contributed by atoms with E-state index in [2.05, 4.69) is 9.88 Å². The van der Waals surface area contributed by atoms with Crippen LogP contribution in [0.5, 0.6) is 0 Å². The normalized spacial score (nSPS) is 18.9. The SMILES string of the molecule is CN1CCN(c2nc3c(cc2F)c(=O)c(C(=O)O)cn3C2COC2)CC1. The lowest BCUT2D eigenvalue weighted by atomic mass is 10.1. The van der Waals surface area contributed by atoms with Crippen LogP contribution in [0.4, 0.5) is 10.2 Å². The minimum absolute atomic E-state index is 0.0211. The number of aromatic carboxylic acids is 1. The van der Waals surface area contributed by atoms with Crippen molar-refractivity contribution >= 4 is 22.8 Å². The number of halogens is 1. The Morgan fingerprint density at radius 3 is 2.58 bits per heavy atom. The largest absolute Gasteiger partial charge is 0.477 e. The molecule has 2 saturated heterocycles. The highest BCUT2D eigenvalue weighted by molar-refractivity contribution is 5.92. The molecule has 4 heterocycles. The fraction of sp³-hybridized carbons (Fsp3) is 0.471. The number of rotatable bonds is 3. The molecule has 9 heteroatoms. The number of pyridine rings is 2. The molecule has 26 heavy (non-hydrogen) atoms. The highest BCUT2D eigenvalue weighted by atomic mass is 19.1. The van der Waals surface area contributed by atoms with Crippen molar-refractivity contribution in [2.45, 2.75) is 6.04 Å². The van der Waals surface area contributed by atoms with Crippen molar-refractivity contribution in [2.24, 2.45) is 0 Å². The smallest absolute Gasteiger partial charge is 0.341 e. The van der Waals surface area contributed by atoms with Crippen molar-refractivity contribution in [1.29, 1.82) is 0 Å². The van der Waals surface area contributed by atoms with Crippen LogP contribution in [-0.2, 0) is 4.74 Å². The Hall–Kier alpha value is -2.52. The van der Waals surface area contributed by atoms with E-state index in [1.807, 2.05) is 11.9 Å². The highest BCUT2D eigenvalue weighted by Gasteiger charge is 2.27. The molecule has 2 aliphatic heterocycles. The molecular formula is C17H19FN4O4. The van der Waals surface area contributed by atoms with Gasteiger partial charge < -0.3 is 24.2 Å². The van der Waals surface area contributed by atoms with Crippen LogP contribution in [0.25, 0.3) is 11.0 Å². The average Bonchev–Trinajstić information content (AvgIpc) is 2.56. The van der Waals surface area contributed by atoms with Crippen molar-refractivity contribution < 1.29 is 19.0 Å². The van der Waals surface area contributed by atoms with Gasteiger partial charge in [-0.2, -0.15) is 0 Å². The monoisotopic (exact) mass is 362 g/mol. The van der Waals surface area contributed by atoms with Gasteiger partial charge in [-0.25, -0.2) is 14.2 Å².